The molecule has 0 aliphatic carbocycles. The van der Waals surface area contributed by atoms with Crippen LogP contribution in [0.4, 0.5) is 0 Å². The van der Waals surface area contributed by atoms with E-state index in [1.54, 1.807) is 24.3 Å². The van der Waals surface area contributed by atoms with Crippen LogP contribution in [0.25, 0.3) is 16.9 Å². The lowest BCUT2D eigenvalue weighted by Crippen LogP contribution is -2.29. The zero-order valence-corrected chi connectivity index (χ0v) is 15.0. The molecule has 140 valence electrons. The van der Waals surface area contributed by atoms with Gasteiger partial charge in [0.05, 0.1) is 11.4 Å². The second kappa shape index (κ2) is 7.29. The normalized spacial score (nSPS) is 12.8. The number of carbonyl (C=O) groups is 2. The van der Waals surface area contributed by atoms with Gasteiger partial charge in [0, 0.05) is 24.4 Å². The number of pyridine rings is 1. The molecule has 0 radical (unpaired) electrons. The van der Waals surface area contributed by atoms with Crippen molar-refractivity contribution in [2.75, 3.05) is 5.75 Å². The summed E-state index contributed by atoms with van der Waals surface area (Å²) in [5, 5.41) is 0. The van der Waals surface area contributed by atoms with Crippen molar-refractivity contribution < 1.29 is 22.6 Å². The van der Waals surface area contributed by atoms with E-state index in [4.69, 9.17) is 10.3 Å². The molecule has 9 heteroatoms. The van der Waals surface area contributed by atoms with Crippen molar-refractivity contribution in [3.05, 3.63) is 60.4 Å². The van der Waals surface area contributed by atoms with Gasteiger partial charge in [-0.2, -0.15) is 8.42 Å². The first-order valence-electron chi connectivity index (χ1n) is 8.06. The van der Waals surface area contributed by atoms with Crippen molar-refractivity contribution in [3.8, 4) is 11.3 Å². The number of benzene rings is 1. The maximum Gasteiger partial charge on any atom is 0.265 e. The van der Waals surface area contributed by atoms with Crippen LogP contribution < -0.4 is 5.73 Å². The van der Waals surface area contributed by atoms with Gasteiger partial charge in [0.2, 0.25) is 5.91 Å². The summed E-state index contributed by atoms with van der Waals surface area (Å²) in [6.45, 7) is 0. The van der Waals surface area contributed by atoms with Gasteiger partial charge in [0.25, 0.3) is 10.1 Å². The predicted octanol–water partition coefficient (Wildman–Crippen LogP) is 1.42. The molecule has 1 amide bonds. The van der Waals surface area contributed by atoms with Crippen LogP contribution in [0.3, 0.4) is 0 Å². The Morgan fingerprint density at radius 3 is 2.44 bits per heavy atom. The number of Topliss-reactive ketones (excluding diaryl/α,β-unsaturated/α-hetero) is 1. The number of nitrogens with zero attached hydrogens (tertiary/aromatic N) is 2. The molecule has 3 aromatic rings. The standard InChI is InChI=1S/C18H17N3O5S/c19-18(23)17(15(22)8-10-27(24,25)26)13-6-4-12(5-7-13)14-11-21-9-2-1-3-16(21)20-14/h1-7,9,11,17H,8,10H2,(H2,19,23)(H,24,25,26). The molecule has 0 aliphatic rings. The highest BCUT2D eigenvalue weighted by Gasteiger charge is 2.27. The van der Waals surface area contributed by atoms with E-state index in [0.29, 0.717) is 5.56 Å². The Morgan fingerprint density at radius 2 is 1.85 bits per heavy atom. The minimum Gasteiger partial charge on any atom is -0.369 e. The van der Waals surface area contributed by atoms with E-state index in [0.717, 1.165) is 16.9 Å². The third kappa shape index (κ3) is 4.39. The van der Waals surface area contributed by atoms with Crippen molar-refractivity contribution in [2.45, 2.75) is 12.3 Å². The quantitative estimate of drug-likeness (QED) is 0.465. The molecule has 1 aromatic carbocycles. The van der Waals surface area contributed by atoms with Gasteiger partial charge >= 0.3 is 0 Å². The molecule has 0 spiro atoms. The van der Waals surface area contributed by atoms with Crippen molar-refractivity contribution in [2.24, 2.45) is 5.73 Å². The second-order valence-corrected chi connectivity index (χ2v) is 7.62. The minimum absolute atomic E-state index is 0.357. The number of primary amides is 1. The third-order valence-corrected chi connectivity index (χ3v) is 4.84. The van der Waals surface area contributed by atoms with E-state index in [2.05, 4.69) is 4.98 Å². The number of fused-ring (bicyclic) bond motifs is 1. The van der Waals surface area contributed by atoms with Crippen LogP contribution in [-0.4, -0.2) is 39.8 Å². The molecule has 27 heavy (non-hydrogen) atoms. The van der Waals surface area contributed by atoms with Gasteiger partial charge in [0.15, 0.2) is 5.78 Å². The number of hydrogen-bond acceptors (Lipinski definition) is 5. The first-order valence-corrected chi connectivity index (χ1v) is 9.67. The molecular formula is C18H17N3O5S. The molecular weight excluding hydrogens is 370 g/mol. The number of carbonyl (C=O) groups excluding carboxylic acids is 2. The van der Waals surface area contributed by atoms with Crippen LogP contribution in [0.5, 0.6) is 0 Å². The fourth-order valence-electron chi connectivity index (χ4n) is 2.80. The fourth-order valence-corrected chi connectivity index (χ4v) is 3.26. The summed E-state index contributed by atoms with van der Waals surface area (Å²) in [6.07, 6.45) is 3.23. The molecule has 2 heterocycles. The summed E-state index contributed by atoms with van der Waals surface area (Å²) in [4.78, 5) is 28.4. The number of hydrogen-bond donors (Lipinski definition) is 2. The first-order chi connectivity index (χ1) is 12.7. The highest BCUT2D eigenvalue weighted by atomic mass is 32.2. The third-order valence-electron chi connectivity index (χ3n) is 4.12. The van der Waals surface area contributed by atoms with Crippen LogP contribution in [0.15, 0.2) is 54.9 Å². The van der Waals surface area contributed by atoms with Gasteiger partial charge < -0.3 is 10.1 Å². The Balaban J connectivity index is 1.85. The van der Waals surface area contributed by atoms with Gasteiger partial charge in [-0.25, -0.2) is 4.98 Å². The first kappa shape index (κ1) is 18.7. The van der Waals surface area contributed by atoms with Gasteiger partial charge in [0.1, 0.15) is 11.6 Å². The molecule has 3 rings (SSSR count). The Bertz CT molecular complexity index is 1070. The lowest BCUT2D eigenvalue weighted by Gasteiger charge is -2.12. The number of ketones is 1. The summed E-state index contributed by atoms with van der Waals surface area (Å²) in [5.74, 6) is -3.58. The van der Waals surface area contributed by atoms with Crippen molar-refractivity contribution in [3.63, 3.8) is 0 Å². The van der Waals surface area contributed by atoms with E-state index in [1.807, 2.05) is 35.0 Å². The van der Waals surface area contributed by atoms with Crippen LogP contribution in [-0.2, 0) is 19.7 Å². The van der Waals surface area contributed by atoms with E-state index in [9.17, 15) is 18.0 Å². The van der Waals surface area contributed by atoms with Gasteiger partial charge in [-0.1, -0.05) is 30.3 Å². The molecule has 1 unspecified atom stereocenters. The summed E-state index contributed by atoms with van der Waals surface area (Å²) >= 11 is 0. The molecule has 8 nitrogen and oxygen atoms in total. The van der Waals surface area contributed by atoms with Crippen molar-refractivity contribution in [1.82, 2.24) is 9.38 Å². The number of imidazole rings is 1. The predicted molar refractivity (Wildman–Crippen MR) is 98.6 cm³/mol. The lowest BCUT2D eigenvalue weighted by atomic mass is 9.92. The molecule has 1 atom stereocenters. The summed E-state index contributed by atoms with van der Waals surface area (Å²) < 4.78 is 32.3. The molecule has 0 aliphatic heterocycles. The lowest BCUT2D eigenvalue weighted by molar-refractivity contribution is -0.128. The average molecular weight is 387 g/mol. The smallest absolute Gasteiger partial charge is 0.265 e. The number of amides is 1. The maximum absolute atomic E-state index is 12.2. The van der Waals surface area contributed by atoms with E-state index < -0.39 is 39.9 Å². The van der Waals surface area contributed by atoms with Crippen molar-refractivity contribution >= 4 is 27.5 Å². The number of rotatable bonds is 7. The van der Waals surface area contributed by atoms with E-state index >= 15 is 0 Å². The molecule has 2 aromatic heterocycles. The Labute approximate surface area is 155 Å². The monoisotopic (exact) mass is 387 g/mol. The van der Waals surface area contributed by atoms with E-state index in [-0.39, 0.29) is 0 Å². The summed E-state index contributed by atoms with van der Waals surface area (Å²) in [7, 11) is -4.30. The van der Waals surface area contributed by atoms with Gasteiger partial charge in [-0.15, -0.1) is 0 Å². The Hall–Kier alpha value is -3.04. The average Bonchev–Trinajstić information content (AvgIpc) is 3.04. The summed E-state index contributed by atoms with van der Waals surface area (Å²) in [6, 6.07) is 12.2. The van der Waals surface area contributed by atoms with Crippen LogP contribution in [0.2, 0.25) is 0 Å². The summed E-state index contributed by atoms with van der Waals surface area (Å²) in [5.41, 5.74) is 7.97. The largest absolute Gasteiger partial charge is 0.369 e. The Morgan fingerprint density at radius 1 is 1.15 bits per heavy atom. The van der Waals surface area contributed by atoms with Crippen LogP contribution >= 0.6 is 0 Å². The minimum atomic E-state index is -4.30. The molecule has 0 bridgehead atoms. The Kier molecular flexibility index (Phi) is 5.06. The number of aromatic nitrogens is 2. The molecule has 0 saturated carbocycles. The highest BCUT2D eigenvalue weighted by Crippen LogP contribution is 2.24. The molecule has 3 N–H and O–H groups in total. The SMILES string of the molecule is NC(=O)C(C(=O)CCS(=O)(=O)O)c1ccc(-c2cn3ccccc3n2)cc1. The maximum atomic E-state index is 12.2. The number of nitrogens with two attached hydrogens (primary N) is 1. The zero-order chi connectivity index (χ0) is 19.6. The zero-order valence-electron chi connectivity index (χ0n) is 14.1. The van der Waals surface area contributed by atoms with Gasteiger partial charge in [-0.05, 0) is 17.7 Å². The van der Waals surface area contributed by atoms with Crippen LogP contribution in [0, 0.1) is 0 Å². The van der Waals surface area contributed by atoms with Crippen LogP contribution in [0.1, 0.15) is 17.9 Å². The fraction of sp³-hybridized carbons (Fsp3) is 0.167. The topological polar surface area (TPSA) is 132 Å². The molecule has 0 fully saturated rings. The highest BCUT2D eigenvalue weighted by molar-refractivity contribution is 7.85. The van der Waals surface area contributed by atoms with Gasteiger partial charge in [-0.3, -0.25) is 14.1 Å². The van der Waals surface area contributed by atoms with Crippen molar-refractivity contribution in [1.29, 1.82) is 0 Å². The molecule has 0 saturated heterocycles. The van der Waals surface area contributed by atoms with E-state index in [1.165, 1.54) is 0 Å². The second-order valence-electron chi connectivity index (χ2n) is 6.05.